The van der Waals surface area contributed by atoms with E-state index in [-0.39, 0.29) is 12.0 Å². The number of piperidine rings is 1. The van der Waals surface area contributed by atoms with E-state index < -0.39 is 0 Å². The third-order valence-corrected chi connectivity index (χ3v) is 3.81. The van der Waals surface area contributed by atoms with Crippen molar-refractivity contribution >= 4 is 11.7 Å². The molecule has 3 heterocycles. The van der Waals surface area contributed by atoms with Gasteiger partial charge in [-0.1, -0.05) is 13.0 Å². The summed E-state index contributed by atoms with van der Waals surface area (Å²) >= 11 is 0. The zero-order valence-electron chi connectivity index (χ0n) is 12.2. The molecule has 0 bridgehead atoms. The molecule has 1 aliphatic rings. The van der Waals surface area contributed by atoms with Crippen molar-refractivity contribution in [3.63, 3.8) is 0 Å². The Morgan fingerprint density at radius 2 is 2.33 bits per heavy atom. The maximum atomic E-state index is 12.0. The highest BCUT2D eigenvalue weighted by molar-refractivity contribution is 5.67. The summed E-state index contributed by atoms with van der Waals surface area (Å²) in [7, 11) is 0. The second kappa shape index (κ2) is 6.11. The first-order valence-corrected chi connectivity index (χ1v) is 7.51. The molecule has 0 unspecified atom stereocenters. The Morgan fingerprint density at radius 3 is 3.19 bits per heavy atom. The molecular formula is C15H20N4O2. The van der Waals surface area contributed by atoms with E-state index in [4.69, 9.17) is 4.74 Å². The van der Waals surface area contributed by atoms with E-state index >= 15 is 0 Å². The van der Waals surface area contributed by atoms with E-state index in [1.165, 1.54) is 0 Å². The van der Waals surface area contributed by atoms with Gasteiger partial charge in [0.15, 0.2) is 5.65 Å². The first-order chi connectivity index (χ1) is 10.3. The summed E-state index contributed by atoms with van der Waals surface area (Å²) in [5.74, 6) is 1.14. The SMILES string of the molecule is CCCOC(=O)N1CCC[C@H](c2nnc3ccccn23)C1. The summed E-state index contributed by atoms with van der Waals surface area (Å²) in [6.07, 6.45) is 4.59. The number of amides is 1. The van der Waals surface area contributed by atoms with Gasteiger partial charge in [0.05, 0.1) is 6.61 Å². The molecule has 1 aliphatic heterocycles. The average molecular weight is 288 g/mol. The van der Waals surface area contributed by atoms with Crippen LogP contribution in [0, 0.1) is 0 Å². The molecule has 0 saturated carbocycles. The van der Waals surface area contributed by atoms with Gasteiger partial charge >= 0.3 is 6.09 Å². The van der Waals surface area contributed by atoms with Gasteiger partial charge in [0, 0.05) is 25.2 Å². The van der Waals surface area contributed by atoms with Crippen LogP contribution in [-0.2, 0) is 4.74 Å². The van der Waals surface area contributed by atoms with E-state index in [1.807, 2.05) is 35.7 Å². The molecule has 21 heavy (non-hydrogen) atoms. The smallest absolute Gasteiger partial charge is 0.409 e. The highest BCUT2D eigenvalue weighted by atomic mass is 16.6. The van der Waals surface area contributed by atoms with Crippen molar-refractivity contribution in [1.82, 2.24) is 19.5 Å². The van der Waals surface area contributed by atoms with Crippen LogP contribution in [0.25, 0.3) is 5.65 Å². The summed E-state index contributed by atoms with van der Waals surface area (Å²) in [5.41, 5.74) is 0.846. The zero-order chi connectivity index (χ0) is 14.7. The molecule has 1 amide bonds. The maximum absolute atomic E-state index is 12.0. The Balaban J connectivity index is 1.75. The van der Waals surface area contributed by atoms with Crippen LogP contribution in [-0.4, -0.2) is 45.3 Å². The normalized spacial score (nSPS) is 18.9. The van der Waals surface area contributed by atoms with Crippen LogP contribution in [0.15, 0.2) is 24.4 Å². The molecule has 6 nitrogen and oxygen atoms in total. The molecule has 0 radical (unpaired) electrons. The lowest BCUT2D eigenvalue weighted by Crippen LogP contribution is -2.40. The number of likely N-dealkylation sites (tertiary alicyclic amines) is 1. The molecule has 0 N–H and O–H groups in total. The highest BCUT2D eigenvalue weighted by Crippen LogP contribution is 2.26. The van der Waals surface area contributed by atoms with Crippen molar-refractivity contribution in [1.29, 1.82) is 0 Å². The van der Waals surface area contributed by atoms with Gasteiger partial charge in [0.25, 0.3) is 0 Å². The van der Waals surface area contributed by atoms with Gasteiger partial charge in [-0.05, 0) is 31.4 Å². The monoisotopic (exact) mass is 288 g/mol. The fourth-order valence-corrected chi connectivity index (χ4v) is 2.77. The third kappa shape index (κ3) is 2.84. The number of hydrogen-bond acceptors (Lipinski definition) is 4. The quantitative estimate of drug-likeness (QED) is 0.870. The van der Waals surface area contributed by atoms with Gasteiger partial charge in [-0.25, -0.2) is 4.79 Å². The predicted octanol–water partition coefficient (Wildman–Crippen LogP) is 2.46. The van der Waals surface area contributed by atoms with Crippen LogP contribution >= 0.6 is 0 Å². The topological polar surface area (TPSA) is 59.7 Å². The number of ether oxygens (including phenoxy) is 1. The first-order valence-electron chi connectivity index (χ1n) is 7.51. The number of rotatable bonds is 3. The summed E-state index contributed by atoms with van der Waals surface area (Å²) in [5, 5.41) is 8.50. The minimum absolute atomic E-state index is 0.213. The standard InChI is InChI=1S/C15H20N4O2/c1-2-10-21-15(20)18-8-5-6-12(11-18)14-17-16-13-7-3-4-9-19(13)14/h3-4,7,9,12H,2,5-6,8,10-11H2,1H3/t12-/m0/s1. The van der Waals surface area contributed by atoms with Crippen LogP contribution in [0.2, 0.25) is 0 Å². The van der Waals surface area contributed by atoms with Crippen molar-refractivity contribution < 1.29 is 9.53 Å². The molecule has 3 rings (SSSR count). The predicted molar refractivity (Wildman–Crippen MR) is 78.2 cm³/mol. The molecule has 112 valence electrons. The van der Waals surface area contributed by atoms with Crippen LogP contribution in [0.1, 0.15) is 37.9 Å². The molecule has 0 spiro atoms. The van der Waals surface area contributed by atoms with Crippen LogP contribution in [0.5, 0.6) is 0 Å². The number of carbonyl (C=O) groups excluding carboxylic acids is 1. The van der Waals surface area contributed by atoms with Crippen molar-refractivity contribution in [2.75, 3.05) is 19.7 Å². The van der Waals surface area contributed by atoms with E-state index in [9.17, 15) is 4.79 Å². The van der Waals surface area contributed by atoms with E-state index in [0.29, 0.717) is 13.2 Å². The second-order valence-electron chi connectivity index (χ2n) is 5.39. The van der Waals surface area contributed by atoms with Gasteiger partial charge in [0.1, 0.15) is 5.82 Å². The third-order valence-electron chi connectivity index (χ3n) is 3.81. The first kappa shape index (κ1) is 13.9. The fraction of sp³-hybridized carbons (Fsp3) is 0.533. The van der Waals surface area contributed by atoms with Crippen LogP contribution < -0.4 is 0 Å². The Kier molecular flexibility index (Phi) is 4.03. The van der Waals surface area contributed by atoms with Crippen molar-refractivity contribution in [2.24, 2.45) is 0 Å². The van der Waals surface area contributed by atoms with Gasteiger partial charge in [0.2, 0.25) is 0 Å². The Hall–Kier alpha value is -2.11. The molecule has 1 saturated heterocycles. The number of hydrogen-bond donors (Lipinski definition) is 0. The molecule has 1 fully saturated rings. The van der Waals surface area contributed by atoms with Gasteiger partial charge in [-0.15, -0.1) is 10.2 Å². The fourth-order valence-electron chi connectivity index (χ4n) is 2.77. The lowest BCUT2D eigenvalue weighted by Gasteiger charge is -2.31. The summed E-state index contributed by atoms with van der Waals surface area (Å²) in [4.78, 5) is 13.8. The minimum atomic E-state index is -0.213. The Bertz CT molecular complexity index is 625. The van der Waals surface area contributed by atoms with Crippen LogP contribution in [0.4, 0.5) is 4.79 Å². The number of nitrogens with zero attached hydrogens (tertiary/aromatic N) is 4. The number of carbonyl (C=O) groups is 1. The molecule has 0 aliphatic carbocycles. The number of aromatic nitrogens is 3. The van der Waals surface area contributed by atoms with Gasteiger partial charge in [-0.3, -0.25) is 4.40 Å². The van der Waals surface area contributed by atoms with Crippen molar-refractivity contribution in [2.45, 2.75) is 32.1 Å². The van der Waals surface area contributed by atoms with E-state index in [0.717, 1.165) is 37.3 Å². The minimum Gasteiger partial charge on any atom is -0.449 e. The Morgan fingerprint density at radius 1 is 1.43 bits per heavy atom. The summed E-state index contributed by atoms with van der Waals surface area (Å²) < 4.78 is 7.23. The van der Waals surface area contributed by atoms with Crippen molar-refractivity contribution in [3.05, 3.63) is 30.2 Å². The molecule has 6 heteroatoms. The highest BCUT2D eigenvalue weighted by Gasteiger charge is 2.28. The molecule has 1 atom stereocenters. The average Bonchev–Trinajstić information content (AvgIpc) is 2.97. The zero-order valence-corrected chi connectivity index (χ0v) is 12.2. The molecular weight excluding hydrogens is 268 g/mol. The lowest BCUT2D eigenvalue weighted by atomic mass is 9.97. The lowest BCUT2D eigenvalue weighted by molar-refractivity contribution is 0.0909. The number of fused-ring (bicyclic) bond motifs is 1. The summed E-state index contributed by atoms with van der Waals surface area (Å²) in [6.45, 7) is 3.89. The largest absolute Gasteiger partial charge is 0.449 e. The molecule has 0 aromatic carbocycles. The van der Waals surface area contributed by atoms with Crippen LogP contribution in [0.3, 0.4) is 0 Å². The Labute approximate surface area is 123 Å². The second-order valence-corrected chi connectivity index (χ2v) is 5.39. The summed E-state index contributed by atoms with van der Waals surface area (Å²) in [6, 6.07) is 5.85. The van der Waals surface area contributed by atoms with Gasteiger partial charge < -0.3 is 9.64 Å². The number of pyridine rings is 1. The van der Waals surface area contributed by atoms with Crippen molar-refractivity contribution in [3.8, 4) is 0 Å². The van der Waals surface area contributed by atoms with Gasteiger partial charge in [-0.2, -0.15) is 0 Å². The van der Waals surface area contributed by atoms with E-state index in [1.54, 1.807) is 4.90 Å². The van der Waals surface area contributed by atoms with E-state index in [2.05, 4.69) is 10.2 Å². The molecule has 2 aromatic heterocycles. The maximum Gasteiger partial charge on any atom is 0.409 e. The molecule has 2 aromatic rings.